The van der Waals surface area contributed by atoms with Gasteiger partial charge in [0.25, 0.3) is 0 Å². The van der Waals surface area contributed by atoms with Crippen LogP contribution < -0.4 is 5.32 Å². The van der Waals surface area contributed by atoms with E-state index in [2.05, 4.69) is 5.32 Å². The topological polar surface area (TPSA) is 30.5 Å². The van der Waals surface area contributed by atoms with Crippen molar-refractivity contribution in [2.24, 2.45) is 0 Å². The standard InChI is InChI=1S/C9H15NO2/c1-2-9-8(3-7(1)12-9)10-6-4-11-5-6/h6-10H,1-5H2. The molecule has 3 heterocycles. The van der Waals surface area contributed by atoms with E-state index in [1.54, 1.807) is 0 Å². The lowest BCUT2D eigenvalue weighted by atomic mass is 9.95. The monoisotopic (exact) mass is 169 g/mol. The van der Waals surface area contributed by atoms with Crippen LogP contribution in [0.25, 0.3) is 0 Å². The average Bonchev–Trinajstić information content (AvgIpc) is 2.56. The van der Waals surface area contributed by atoms with Gasteiger partial charge in [0.2, 0.25) is 0 Å². The first-order valence-electron chi connectivity index (χ1n) is 4.91. The Kier molecular flexibility index (Phi) is 1.63. The van der Waals surface area contributed by atoms with E-state index in [0.717, 1.165) is 13.2 Å². The first-order valence-corrected chi connectivity index (χ1v) is 4.91. The first kappa shape index (κ1) is 7.30. The third-order valence-electron chi connectivity index (χ3n) is 3.19. The lowest BCUT2D eigenvalue weighted by molar-refractivity contribution is -0.0143. The second-order valence-corrected chi connectivity index (χ2v) is 4.12. The van der Waals surface area contributed by atoms with Crippen LogP contribution in [0.5, 0.6) is 0 Å². The van der Waals surface area contributed by atoms with Gasteiger partial charge in [0, 0.05) is 6.04 Å². The van der Waals surface area contributed by atoms with E-state index < -0.39 is 0 Å². The molecule has 0 aromatic rings. The van der Waals surface area contributed by atoms with E-state index in [4.69, 9.17) is 9.47 Å². The van der Waals surface area contributed by atoms with Gasteiger partial charge in [-0.1, -0.05) is 0 Å². The predicted octanol–water partition coefficient (Wildman–Crippen LogP) is 0.295. The fraction of sp³-hybridized carbons (Fsp3) is 1.00. The Morgan fingerprint density at radius 3 is 2.58 bits per heavy atom. The summed E-state index contributed by atoms with van der Waals surface area (Å²) >= 11 is 0. The maximum Gasteiger partial charge on any atom is 0.0733 e. The highest BCUT2D eigenvalue weighted by Gasteiger charge is 2.41. The summed E-state index contributed by atoms with van der Waals surface area (Å²) < 4.78 is 10.9. The summed E-state index contributed by atoms with van der Waals surface area (Å²) in [6.45, 7) is 1.79. The number of rotatable bonds is 2. The highest BCUT2D eigenvalue weighted by Crippen LogP contribution is 2.34. The zero-order chi connectivity index (χ0) is 7.97. The second-order valence-electron chi connectivity index (χ2n) is 4.12. The molecule has 3 heteroatoms. The van der Waals surface area contributed by atoms with E-state index in [9.17, 15) is 0 Å². The van der Waals surface area contributed by atoms with Crippen molar-refractivity contribution in [2.45, 2.75) is 43.6 Å². The van der Waals surface area contributed by atoms with Crippen LogP contribution in [0.3, 0.4) is 0 Å². The molecule has 0 saturated carbocycles. The molecular weight excluding hydrogens is 154 g/mol. The minimum atomic E-state index is 0.510. The normalized spacial score (nSPS) is 46.5. The predicted molar refractivity (Wildman–Crippen MR) is 44.0 cm³/mol. The minimum Gasteiger partial charge on any atom is -0.378 e. The second kappa shape index (κ2) is 2.69. The molecule has 68 valence electrons. The van der Waals surface area contributed by atoms with Gasteiger partial charge in [-0.3, -0.25) is 0 Å². The van der Waals surface area contributed by atoms with Crippen LogP contribution in [0.2, 0.25) is 0 Å². The Balaban J connectivity index is 1.56. The Bertz CT molecular complexity index is 181. The Labute approximate surface area is 72.4 Å². The molecule has 3 aliphatic heterocycles. The van der Waals surface area contributed by atoms with E-state index in [1.807, 2.05) is 0 Å². The van der Waals surface area contributed by atoms with Crippen molar-refractivity contribution >= 4 is 0 Å². The number of nitrogens with one attached hydrogen (secondary N) is 1. The molecule has 0 aliphatic carbocycles. The van der Waals surface area contributed by atoms with Crippen LogP contribution in [0, 0.1) is 0 Å². The van der Waals surface area contributed by atoms with Crippen molar-refractivity contribution in [1.82, 2.24) is 5.32 Å². The van der Waals surface area contributed by atoms with Crippen molar-refractivity contribution in [3.63, 3.8) is 0 Å². The summed E-state index contributed by atoms with van der Waals surface area (Å²) in [5.41, 5.74) is 0. The lowest BCUT2D eigenvalue weighted by Gasteiger charge is -2.32. The van der Waals surface area contributed by atoms with Gasteiger partial charge in [-0.25, -0.2) is 0 Å². The van der Waals surface area contributed by atoms with Crippen LogP contribution in [0.4, 0.5) is 0 Å². The summed E-state index contributed by atoms with van der Waals surface area (Å²) in [5.74, 6) is 0. The van der Waals surface area contributed by atoms with Crippen LogP contribution in [0.15, 0.2) is 0 Å². The molecule has 0 aromatic carbocycles. The molecule has 2 bridgehead atoms. The molecule has 12 heavy (non-hydrogen) atoms. The molecule has 3 rings (SSSR count). The van der Waals surface area contributed by atoms with Crippen molar-refractivity contribution in [1.29, 1.82) is 0 Å². The van der Waals surface area contributed by atoms with E-state index in [0.29, 0.717) is 24.3 Å². The van der Waals surface area contributed by atoms with Gasteiger partial charge in [0.1, 0.15) is 0 Å². The van der Waals surface area contributed by atoms with Gasteiger partial charge < -0.3 is 14.8 Å². The van der Waals surface area contributed by atoms with Crippen molar-refractivity contribution in [2.75, 3.05) is 13.2 Å². The van der Waals surface area contributed by atoms with Crippen LogP contribution >= 0.6 is 0 Å². The van der Waals surface area contributed by atoms with Crippen molar-refractivity contribution in [3.8, 4) is 0 Å². The fourth-order valence-electron chi connectivity index (χ4n) is 2.45. The number of ether oxygens (including phenoxy) is 2. The van der Waals surface area contributed by atoms with Gasteiger partial charge >= 0.3 is 0 Å². The maximum atomic E-state index is 5.75. The highest BCUT2D eigenvalue weighted by atomic mass is 16.5. The Morgan fingerprint density at radius 2 is 2.08 bits per heavy atom. The van der Waals surface area contributed by atoms with Crippen LogP contribution in [-0.4, -0.2) is 37.5 Å². The summed E-state index contributed by atoms with van der Waals surface area (Å²) in [7, 11) is 0. The Hall–Kier alpha value is -0.120. The number of fused-ring (bicyclic) bond motifs is 2. The number of hydrogen-bond acceptors (Lipinski definition) is 3. The molecule has 0 spiro atoms. The smallest absolute Gasteiger partial charge is 0.0733 e. The molecule has 3 atom stereocenters. The largest absolute Gasteiger partial charge is 0.378 e. The first-order chi connectivity index (χ1) is 5.92. The summed E-state index contributed by atoms with van der Waals surface area (Å²) in [6, 6.07) is 1.23. The van der Waals surface area contributed by atoms with Gasteiger partial charge in [-0.05, 0) is 19.3 Å². The SMILES string of the molecule is C1OCC1NC1CC2CCC1O2. The molecule has 3 unspecified atom stereocenters. The average molecular weight is 169 g/mol. The third kappa shape index (κ3) is 1.08. The van der Waals surface area contributed by atoms with E-state index in [-0.39, 0.29) is 0 Å². The number of hydrogen-bond donors (Lipinski definition) is 1. The fourth-order valence-corrected chi connectivity index (χ4v) is 2.45. The van der Waals surface area contributed by atoms with Gasteiger partial charge in [0.15, 0.2) is 0 Å². The summed E-state index contributed by atoms with van der Waals surface area (Å²) in [6.07, 6.45) is 4.84. The van der Waals surface area contributed by atoms with Crippen molar-refractivity contribution < 1.29 is 9.47 Å². The molecular formula is C9H15NO2. The zero-order valence-corrected chi connectivity index (χ0v) is 7.16. The molecule has 3 saturated heterocycles. The summed E-state index contributed by atoms with van der Waals surface area (Å²) in [5, 5.41) is 3.60. The van der Waals surface area contributed by atoms with Crippen LogP contribution in [0.1, 0.15) is 19.3 Å². The molecule has 1 N–H and O–H groups in total. The van der Waals surface area contributed by atoms with Crippen molar-refractivity contribution in [3.05, 3.63) is 0 Å². The quantitative estimate of drug-likeness (QED) is 0.644. The maximum absolute atomic E-state index is 5.75. The minimum absolute atomic E-state index is 0.510. The molecule has 0 radical (unpaired) electrons. The molecule has 0 aromatic heterocycles. The van der Waals surface area contributed by atoms with Crippen LogP contribution in [-0.2, 0) is 9.47 Å². The molecule has 3 nitrogen and oxygen atoms in total. The Morgan fingerprint density at radius 1 is 1.17 bits per heavy atom. The molecule has 3 fully saturated rings. The molecule has 0 amide bonds. The van der Waals surface area contributed by atoms with E-state index >= 15 is 0 Å². The highest BCUT2D eigenvalue weighted by molar-refractivity contribution is 4.96. The molecule has 3 aliphatic rings. The zero-order valence-electron chi connectivity index (χ0n) is 7.16. The van der Waals surface area contributed by atoms with Gasteiger partial charge in [-0.2, -0.15) is 0 Å². The van der Waals surface area contributed by atoms with E-state index in [1.165, 1.54) is 19.3 Å². The third-order valence-corrected chi connectivity index (χ3v) is 3.19. The lowest BCUT2D eigenvalue weighted by Crippen LogP contribution is -2.53. The van der Waals surface area contributed by atoms with Gasteiger partial charge in [-0.15, -0.1) is 0 Å². The van der Waals surface area contributed by atoms with Gasteiger partial charge in [0.05, 0.1) is 31.5 Å². The summed E-state index contributed by atoms with van der Waals surface area (Å²) in [4.78, 5) is 0.